The molecule has 114 valence electrons. The number of halogens is 3. The third kappa shape index (κ3) is 3.00. The van der Waals surface area contributed by atoms with Crippen LogP contribution in [0.2, 0.25) is 5.02 Å². The normalized spacial score (nSPS) is 10.3. The molecule has 0 aliphatic heterocycles. The molecule has 0 atom stereocenters. The number of benzene rings is 2. The fraction of sp³-hybridized carbons (Fsp3) is 0. The minimum Gasteiger partial charge on any atom is -0.337 e. The summed E-state index contributed by atoms with van der Waals surface area (Å²) >= 11 is 5.96. The standard InChI is InChI=1S/C16H9ClF2N4/c17-11-2-1-3-13(6-11)23-16(10(8-20)9-21-23)22-15-5-4-12(18)7-14(15)19/h1-7,9,22H. The lowest BCUT2D eigenvalue weighted by Crippen LogP contribution is -2.04. The summed E-state index contributed by atoms with van der Waals surface area (Å²) in [5.41, 5.74) is 0.851. The Bertz CT molecular complexity index is 915. The van der Waals surface area contributed by atoms with Gasteiger partial charge in [-0.25, -0.2) is 13.5 Å². The fourth-order valence-electron chi connectivity index (χ4n) is 2.07. The zero-order valence-electron chi connectivity index (χ0n) is 11.6. The van der Waals surface area contributed by atoms with Crippen LogP contribution in [0.25, 0.3) is 5.69 Å². The minimum atomic E-state index is -0.771. The van der Waals surface area contributed by atoms with Crippen molar-refractivity contribution < 1.29 is 8.78 Å². The molecule has 1 aromatic heterocycles. The van der Waals surface area contributed by atoms with Crippen LogP contribution in [-0.2, 0) is 0 Å². The molecule has 0 fully saturated rings. The lowest BCUT2D eigenvalue weighted by Gasteiger charge is -2.11. The summed E-state index contributed by atoms with van der Waals surface area (Å²) in [6.07, 6.45) is 1.35. The SMILES string of the molecule is N#Cc1cnn(-c2cccc(Cl)c2)c1Nc1ccc(F)cc1F. The molecule has 0 saturated carbocycles. The summed E-state index contributed by atoms with van der Waals surface area (Å²) in [7, 11) is 0. The molecule has 3 aromatic rings. The van der Waals surface area contributed by atoms with E-state index in [2.05, 4.69) is 10.4 Å². The second-order valence-electron chi connectivity index (χ2n) is 4.66. The molecule has 0 bridgehead atoms. The van der Waals surface area contributed by atoms with E-state index in [1.54, 1.807) is 24.3 Å². The molecule has 7 heteroatoms. The van der Waals surface area contributed by atoms with Gasteiger partial charge in [0.15, 0.2) is 5.82 Å². The molecule has 0 aliphatic rings. The number of hydrogen-bond donors (Lipinski definition) is 1. The fourth-order valence-corrected chi connectivity index (χ4v) is 2.26. The van der Waals surface area contributed by atoms with Crippen LogP contribution >= 0.6 is 11.6 Å². The van der Waals surface area contributed by atoms with E-state index in [0.29, 0.717) is 10.7 Å². The molecule has 0 amide bonds. The van der Waals surface area contributed by atoms with Crippen LogP contribution in [0.3, 0.4) is 0 Å². The Balaban J connectivity index is 2.08. The van der Waals surface area contributed by atoms with Gasteiger partial charge >= 0.3 is 0 Å². The monoisotopic (exact) mass is 330 g/mol. The maximum absolute atomic E-state index is 13.8. The molecule has 0 spiro atoms. The van der Waals surface area contributed by atoms with Gasteiger partial charge in [-0.05, 0) is 30.3 Å². The molecule has 3 rings (SSSR count). The Labute approximate surface area is 135 Å². The Morgan fingerprint density at radius 2 is 2.00 bits per heavy atom. The van der Waals surface area contributed by atoms with E-state index in [9.17, 15) is 14.0 Å². The van der Waals surface area contributed by atoms with Crippen molar-refractivity contribution in [3.05, 3.63) is 70.9 Å². The van der Waals surface area contributed by atoms with Gasteiger partial charge in [0.1, 0.15) is 23.3 Å². The van der Waals surface area contributed by atoms with E-state index in [4.69, 9.17) is 11.6 Å². The smallest absolute Gasteiger partial charge is 0.152 e. The summed E-state index contributed by atoms with van der Waals surface area (Å²) in [5.74, 6) is -1.19. The van der Waals surface area contributed by atoms with Gasteiger partial charge in [0.25, 0.3) is 0 Å². The maximum atomic E-state index is 13.8. The van der Waals surface area contributed by atoms with Gasteiger partial charge in [0.2, 0.25) is 0 Å². The zero-order chi connectivity index (χ0) is 16.4. The maximum Gasteiger partial charge on any atom is 0.152 e. The van der Waals surface area contributed by atoms with Crippen molar-refractivity contribution in [2.75, 3.05) is 5.32 Å². The molecular formula is C16H9ClF2N4. The van der Waals surface area contributed by atoms with Crippen molar-refractivity contribution in [1.82, 2.24) is 9.78 Å². The Morgan fingerprint density at radius 1 is 1.17 bits per heavy atom. The van der Waals surface area contributed by atoms with E-state index < -0.39 is 11.6 Å². The molecule has 0 aliphatic carbocycles. The average Bonchev–Trinajstić information content (AvgIpc) is 2.93. The number of aromatic nitrogens is 2. The van der Waals surface area contributed by atoms with Crippen LogP contribution in [0.15, 0.2) is 48.7 Å². The topological polar surface area (TPSA) is 53.6 Å². The largest absolute Gasteiger partial charge is 0.337 e. The van der Waals surface area contributed by atoms with E-state index >= 15 is 0 Å². The second-order valence-corrected chi connectivity index (χ2v) is 5.10. The zero-order valence-corrected chi connectivity index (χ0v) is 12.4. The Hall–Kier alpha value is -2.91. The van der Waals surface area contributed by atoms with Gasteiger partial charge in [-0.2, -0.15) is 10.4 Å². The molecule has 1 N–H and O–H groups in total. The average molecular weight is 331 g/mol. The highest BCUT2D eigenvalue weighted by molar-refractivity contribution is 6.30. The minimum absolute atomic E-state index is 0.0340. The predicted molar refractivity (Wildman–Crippen MR) is 82.9 cm³/mol. The quantitative estimate of drug-likeness (QED) is 0.773. The van der Waals surface area contributed by atoms with Crippen molar-refractivity contribution >= 4 is 23.1 Å². The van der Waals surface area contributed by atoms with E-state index in [-0.39, 0.29) is 17.1 Å². The van der Waals surface area contributed by atoms with Crippen molar-refractivity contribution in [2.45, 2.75) is 0 Å². The molecule has 4 nitrogen and oxygen atoms in total. The van der Waals surface area contributed by atoms with E-state index in [1.165, 1.54) is 16.9 Å². The lowest BCUT2D eigenvalue weighted by molar-refractivity contribution is 0.586. The molecule has 1 heterocycles. The van der Waals surface area contributed by atoms with E-state index in [1.807, 2.05) is 6.07 Å². The molecule has 2 aromatic carbocycles. The first-order chi connectivity index (χ1) is 11.1. The number of anilines is 2. The first kappa shape index (κ1) is 15.0. The highest BCUT2D eigenvalue weighted by Crippen LogP contribution is 2.26. The van der Waals surface area contributed by atoms with Crippen LogP contribution in [0.1, 0.15) is 5.56 Å². The number of rotatable bonds is 3. The van der Waals surface area contributed by atoms with Crippen molar-refractivity contribution in [1.29, 1.82) is 5.26 Å². The van der Waals surface area contributed by atoms with Crippen LogP contribution in [0, 0.1) is 23.0 Å². The lowest BCUT2D eigenvalue weighted by atomic mass is 10.2. The van der Waals surface area contributed by atoms with Crippen LogP contribution in [0.5, 0.6) is 0 Å². The highest BCUT2D eigenvalue weighted by Gasteiger charge is 2.14. The number of nitrogens with one attached hydrogen (secondary N) is 1. The number of nitrogens with zero attached hydrogens (tertiary/aromatic N) is 3. The van der Waals surface area contributed by atoms with Gasteiger partial charge in [-0.1, -0.05) is 17.7 Å². The molecule has 0 saturated heterocycles. The van der Waals surface area contributed by atoms with Crippen LogP contribution in [0.4, 0.5) is 20.3 Å². The van der Waals surface area contributed by atoms with Gasteiger partial charge < -0.3 is 5.32 Å². The van der Waals surface area contributed by atoms with E-state index in [0.717, 1.165) is 12.1 Å². The van der Waals surface area contributed by atoms with Crippen molar-refractivity contribution in [3.63, 3.8) is 0 Å². The highest BCUT2D eigenvalue weighted by atomic mass is 35.5. The number of hydrogen-bond acceptors (Lipinski definition) is 3. The summed E-state index contributed by atoms with van der Waals surface area (Å²) < 4.78 is 28.3. The van der Waals surface area contributed by atoms with Gasteiger partial charge in [0.05, 0.1) is 17.6 Å². The van der Waals surface area contributed by atoms with Crippen molar-refractivity contribution in [3.8, 4) is 11.8 Å². The van der Waals surface area contributed by atoms with Crippen LogP contribution < -0.4 is 5.32 Å². The number of nitriles is 1. The Morgan fingerprint density at radius 3 is 2.70 bits per heavy atom. The summed E-state index contributed by atoms with van der Waals surface area (Å²) in [4.78, 5) is 0. The first-order valence-electron chi connectivity index (χ1n) is 6.54. The second kappa shape index (κ2) is 6.07. The summed E-state index contributed by atoms with van der Waals surface area (Å²) in [6.45, 7) is 0. The predicted octanol–water partition coefficient (Wildman–Crippen LogP) is 4.42. The molecular weight excluding hydrogens is 322 g/mol. The summed E-state index contributed by atoms with van der Waals surface area (Å²) in [5, 5.41) is 16.6. The first-order valence-corrected chi connectivity index (χ1v) is 6.92. The van der Waals surface area contributed by atoms with Gasteiger partial charge in [-0.3, -0.25) is 0 Å². The summed E-state index contributed by atoms with van der Waals surface area (Å²) in [6, 6.07) is 11.9. The third-order valence-electron chi connectivity index (χ3n) is 3.13. The molecule has 23 heavy (non-hydrogen) atoms. The van der Waals surface area contributed by atoms with Gasteiger partial charge in [0, 0.05) is 11.1 Å². The molecule has 0 unspecified atom stereocenters. The van der Waals surface area contributed by atoms with Crippen molar-refractivity contribution in [2.24, 2.45) is 0 Å². The van der Waals surface area contributed by atoms with Crippen LogP contribution in [-0.4, -0.2) is 9.78 Å². The third-order valence-corrected chi connectivity index (χ3v) is 3.36. The Kier molecular flexibility index (Phi) is 3.96. The molecule has 0 radical (unpaired) electrons. The van der Waals surface area contributed by atoms with Gasteiger partial charge in [-0.15, -0.1) is 0 Å².